The molecule has 4 heteroatoms. The fourth-order valence-electron chi connectivity index (χ4n) is 2.56. The molecule has 0 atom stereocenters. The molecule has 0 N–H and O–H groups in total. The molecule has 0 aromatic heterocycles. The van der Waals surface area contributed by atoms with Gasteiger partial charge in [-0.05, 0) is 24.6 Å². The number of anilines is 1. The van der Waals surface area contributed by atoms with Crippen LogP contribution in [0.5, 0.6) is 5.75 Å². The van der Waals surface area contributed by atoms with E-state index in [1.807, 2.05) is 37.3 Å². The molecule has 2 aromatic carbocycles. The first kappa shape index (κ1) is 14.3. The second-order valence-electron chi connectivity index (χ2n) is 5.19. The average molecular weight is 295 g/mol. The van der Waals surface area contributed by atoms with Gasteiger partial charge < -0.3 is 9.64 Å². The van der Waals surface area contributed by atoms with Crippen molar-refractivity contribution in [3.63, 3.8) is 0 Å². The van der Waals surface area contributed by atoms with Gasteiger partial charge >= 0.3 is 0 Å². The maximum absolute atomic E-state index is 12.2. The van der Waals surface area contributed by atoms with E-state index in [4.69, 9.17) is 4.74 Å². The summed E-state index contributed by atoms with van der Waals surface area (Å²) >= 11 is 0. The smallest absolute Gasteiger partial charge is 0.299 e. The van der Waals surface area contributed by atoms with Gasteiger partial charge in [-0.25, -0.2) is 0 Å². The number of para-hydroxylation sites is 2. The number of ether oxygens (including phenoxy) is 1. The molecule has 2 aromatic rings. The molecular weight excluding hydrogens is 278 g/mol. The van der Waals surface area contributed by atoms with E-state index in [2.05, 4.69) is 0 Å². The van der Waals surface area contributed by atoms with E-state index in [0.29, 0.717) is 24.4 Å². The van der Waals surface area contributed by atoms with Gasteiger partial charge in [0.15, 0.2) is 0 Å². The lowest BCUT2D eigenvalue weighted by Gasteiger charge is -2.18. The molecule has 1 heterocycles. The highest BCUT2D eigenvalue weighted by molar-refractivity contribution is 6.52. The van der Waals surface area contributed by atoms with Crippen LogP contribution in [0.1, 0.15) is 29.3 Å². The van der Waals surface area contributed by atoms with E-state index in [0.717, 1.165) is 17.7 Å². The lowest BCUT2D eigenvalue weighted by Crippen LogP contribution is -2.29. The predicted molar refractivity (Wildman–Crippen MR) is 84.2 cm³/mol. The van der Waals surface area contributed by atoms with E-state index in [9.17, 15) is 9.59 Å². The largest absolute Gasteiger partial charge is 0.493 e. The van der Waals surface area contributed by atoms with Gasteiger partial charge in [-0.2, -0.15) is 0 Å². The molecule has 1 aliphatic rings. The molecule has 22 heavy (non-hydrogen) atoms. The number of amides is 1. The Morgan fingerprint density at radius 1 is 1.00 bits per heavy atom. The molecule has 0 bridgehead atoms. The molecule has 0 saturated heterocycles. The number of rotatable bonds is 5. The number of Topliss-reactive ketones (excluding diaryl/α,β-unsaturated/α-hetero) is 1. The molecule has 0 unspecified atom stereocenters. The molecule has 1 amide bonds. The van der Waals surface area contributed by atoms with E-state index in [1.165, 1.54) is 4.90 Å². The molecule has 0 fully saturated rings. The SMILES string of the molecule is CCCOc1ccccc1CN1C(=O)C(=O)c2ccccc21. The summed E-state index contributed by atoms with van der Waals surface area (Å²) in [5.74, 6) is -0.164. The third-order valence-corrected chi connectivity index (χ3v) is 3.64. The van der Waals surface area contributed by atoms with Crippen molar-refractivity contribution in [3.8, 4) is 5.75 Å². The summed E-state index contributed by atoms with van der Waals surface area (Å²) in [7, 11) is 0. The lowest BCUT2D eigenvalue weighted by molar-refractivity contribution is -0.114. The highest BCUT2D eigenvalue weighted by Crippen LogP contribution is 2.31. The van der Waals surface area contributed by atoms with Crippen LogP contribution in [-0.4, -0.2) is 18.3 Å². The molecule has 0 radical (unpaired) electrons. The molecule has 0 aliphatic carbocycles. The van der Waals surface area contributed by atoms with Crippen molar-refractivity contribution in [2.24, 2.45) is 0 Å². The summed E-state index contributed by atoms with van der Waals surface area (Å²) in [5, 5.41) is 0. The molecule has 3 rings (SSSR count). The number of ketones is 1. The van der Waals surface area contributed by atoms with Crippen LogP contribution < -0.4 is 9.64 Å². The number of carbonyl (C=O) groups excluding carboxylic acids is 2. The Kier molecular flexibility index (Phi) is 3.92. The Balaban J connectivity index is 1.91. The molecule has 0 spiro atoms. The Morgan fingerprint density at radius 3 is 2.55 bits per heavy atom. The van der Waals surface area contributed by atoms with Crippen molar-refractivity contribution in [1.82, 2.24) is 0 Å². The summed E-state index contributed by atoms with van der Waals surface area (Å²) < 4.78 is 5.72. The topological polar surface area (TPSA) is 46.6 Å². The predicted octanol–water partition coefficient (Wildman–Crippen LogP) is 3.20. The average Bonchev–Trinajstić information content (AvgIpc) is 2.79. The van der Waals surface area contributed by atoms with Crippen molar-refractivity contribution in [1.29, 1.82) is 0 Å². The lowest BCUT2D eigenvalue weighted by atomic mass is 10.1. The van der Waals surface area contributed by atoms with Crippen LogP contribution in [0.2, 0.25) is 0 Å². The number of hydrogen-bond donors (Lipinski definition) is 0. The van der Waals surface area contributed by atoms with E-state index in [1.54, 1.807) is 18.2 Å². The van der Waals surface area contributed by atoms with Crippen LogP contribution in [0.15, 0.2) is 48.5 Å². The first-order valence-electron chi connectivity index (χ1n) is 7.38. The van der Waals surface area contributed by atoms with E-state index >= 15 is 0 Å². The maximum atomic E-state index is 12.2. The van der Waals surface area contributed by atoms with Gasteiger partial charge in [0.2, 0.25) is 0 Å². The van der Waals surface area contributed by atoms with Crippen molar-refractivity contribution < 1.29 is 14.3 Å². The van der Waals surface area contributed by atoms with Crippen LogP contribution in [0.3, 0.4) is 0 Å². The monoisotopic (exact) mass is 295 g/mol. The maximum Gasteiger partial charge on any atom is 0.299 e. The number of benzene rings is 2. The number of carbonyl (C=O) groups is 2. The zero-order valence-electron chi connectivity index (χ0n) is 12.4. The van der Waals surface area contributed by atoms with Crippen LogP contribution >= 0.6 is 0 Å². The van der Waals surface area contributed by atoms with Crippen LogP contribution in [-0.2, 0) is 11.3 Å². The quantitative estimate of drug-likeness (QED) is 0.796. The van der Waals surface area contributed by atoms with Gasteiger partial charge in [0.1, 0.15) is 5.75 Å². The summed E-state index contributed by atoms with van der Waals surface area (Å²) in [6, 6.07) is 14.7. The molecular formula is C18H17NO3. The van der Waals surface area contributed by atoms with Crippen LogP contribution in [0.4, 0.5) is 5.69 Å². The molecule has 1 aliphatic heterocycles. The zero-order chi connectivity index (χ0) is 15.5. The number of fused-ring (bicyclic) bond motifs is 1. The highest BCUT2D eigenvalue weighted by atomic mass is 16.5. The molecule has 112 valence electrons. The third kappa shape index (κ3) is 2.48. The summed E-state index contributed by atoms with van der Waals surface area (Å²) in [6.07, 6.45) is 0.915. The second kappa shape index (κ2) is 6.02. The van der Waals surface area contributed by atoms with Crippen LogP contribution in [0, 0.1) is 0 Å². The number of hydrogen-bond acceptors (Lipinski definition) is 3. The van der Waals surface area contributed by atoms with Gasteiger partial charge in [0.25, 0.3) is 11.7 Å². The molecule has 4 nitrogen and oxygen atoms in total. The Labute approximate surface area is 129 Å². The third-order valence-electron chi connectivity index (χ3n) is 3.64. The number of nitrogens with zero attached hydrogens (tertiary/aromatic N) is 1. The van der Waals surface area contributed by atoms with Gasteiger partial charge in [-0.15, -0.1) is 0 Å². The van der Waals surface area contributed by atoms with Crippen molar-refractivity contribution in [3.05, 3.63) is 59.7 Å². The van der Waals surface area contributed by atoms with Crippen LogP contribution in [0.25, 0.3) is 0 Å². The Bertz CT molecular complexity index is 724. The first-order chi connectivity index (χ1) is 10.7. The second-order valence-corrected chi connectivity index (χ2v) is 5.19. The summed E-state index contributed by atoms with van der Waals surface area (Å²) in [5.41, 5.74) is 2.04. The van der Waals surface area contributed by atoms with Gasteiger partial charge in [0, 0.05) is 5.56 Å². The zero-order valence-corrected chi connectivity index (χ0v) is 12.4. The van der Waals surface area contributed by atoms with E-state index in [-0.39, 0.29) is 0 Å². The van der Waals surface area contributed by atoms with E-state index < -0.39 is 11.7 Å². The fraction of sp³-hybridized carbons (Fsp3) is 0.222. The fourth-order valence-corrected chi connectivity index (χ4v) is 2.56. The Morgan fingerprint density at radius 2 is 1.73 bits per heavy atom. The first-order valence-corrected chi connectivity index (χ1v) is 7.38. The minimum absolute atomic E-state index is 0.335. The minimum atomic E-state index is -0.480. The highest BCUT2D eigenvalue weighted by Gasteiger charge is 2.35. The van der Waals surface area contributed by atoms with Gasteiger partial charge in [-0.1, -0.05) is 37.3 Å². The van der Waals surface area contributed by atoms with Crippen molar-refractivity contribution in [2.45, 2.75) is 19.9 Å². The normalized spacial score (nSPS) is 13.4. The minimum Gasteiger partial charge on any atom is -0.493 e. The Hall–Kier alpha value is -2.62. The van der Waals surface area contributed by atoms with Crippen molar-refractivity contribution >= 4 is 17.4 Å². The summed E-state index contributed by atoms with van der Waals surface area (Å²) in [4.78, 5) is 25.8. The molecule has 0 saturated carbocycles. The van der Waals surface area contributed by atoms with Crippen molar-refractivity contribution in [2.75, 3.05) is 11.5 Å². The van der Waals surface area contributed by atoms with Gasteiger partial charge in [0.05, 0.1) is 24.4 Å². The van der Waals surface area contributed by atoms with Gasteiger partial charge in [-0.3, -0.25) is 9.59 Å². The summed E-state index contributed by atoms with van der Waals surface area (Å²) in [6.45, 7) is 3.00. The standard InChI is InChI=1S/C18H17NO3/c1-2-11-22-16-10-6-3-7-13(16)12-19-15-9-5-4-8-14(15)17(20)18(19)21/h3-10H,2,11-12H2,1H3.